The molecule has 2 amide bonds. The number of hydrogen-bond acceptors (Lipinski definition) is 3. The molecule has 1 aliphatic heterocycles. The molecule has 0 bridgehead atoms. The van der Waals surface area contributed by atoms with E-state index >= 15 is 0 Å². The molecule has 96 valence electrons. The molecule has 1 fully saturated rings. The van der Waals surface area contributed by atoms with Crippen molar-refractivity contribution in [2.45, 2.75) is 19.3 Å². The van der Waals surface area contributed by atoms with Crippen LogP contribution in [0.5, 0.6) is 0 Å². The number of aromatic nitrogens is 1. The maximum Gasteiger partial charge on any atom is 0.239 e. The minimum Gasteiger partial charge on any atom is -0.354 e. The second kappa shape index (κ2) is 6.14. The summed E-state index contributed by atoms with van der Waals surface area (Å²) < 4.78 is 0. The highest BCUT2D eigenvalue weighted by Gasteiger charge is 2.19. The van der Waals surface area contributed by atoms with Gasteiger partial charge in [-0.25, -0.2) is 0 Å². The van der Waals surface area contributed by atoms with Crippen LogP contribution in [-0.4, -0.2) is 41.3 Å². The summed E-state index contributed by atoms with van der Waals surface area (Å²) in [6, 6.07) is 3.81. The van der Waals surface area contributed by atoms with Crippen LogP contribution in [-0.2, 0) is 16.0 Å². The van der Waals surface area contributed by atoms with Gasteiger partial charge in [0.15, 0.2) is 0 Å². The molecule has 0 unspecified atom stereocenters. The molecule has 2 rings (SSSR count). The van der Waals surface area contributed by atoms with Crippen LogP contribution in [0.25, 0.3) is 0 Å². The lowest BCUT2D eigenvalue weighted by Gasteiger charge is -2.18. The van der Waals surface area contributed by atoms with E-state index in [1.807, 2.05) is 12.1 Å². The monoisotopic (exact) mass is 247 g/mol. The predicted octanol–water partition coefficient (Wildman–Crippen LogP) is 0.363. The second-order valence-electron chi connectivity index (χ2n) is 4.37. The number of hydrogen-bond donors (Lipinski definition) is 1. The molecule has 0 atom stereocenters. The summed E-state index contributed by atoms with van der Waals surface area (Å²) in [6.07, 6.45) is 5.40. The van der Waals surface area contributed by atoms with Crippen LogP contribution >= 0.6 is 0 Å². The Balaban J connectivity index is 1.85. The molecule has 1 saturated heterocycles. The van der Waals surface area contributed by atoms with E-state index in [9.17, 15) is 9.59 Å². The van der Waals surface area contributed by atoms with E-state index in [4.69, 9.17) is 0 Å². The van der Waals surface area contributed by atoms with Crippen LogP contribution in [0.3, 0.4) is 0 Å². The third-order valence-electron chi connectivity index (χ3n) is 2.99. The summed E-state index contributed by atoms with van der Waals surface area (Å²) in [4.78, 5) is 28.9. The van der Waals surface area contributed by atoms with Crippen molar-refractivity contribution in [3.8, 4) is 0 Å². The van der Waals surface area contributed by atoms with E-state index in [-0.39, 0.29) is 18.4 Å². The first-order valence-corrected chi connectivity index (χ1v) is 6.19. The Hall–Kier alpha value is -1.91. The summed E-state index contributed by atoms with van der Waals surface area (Å²) in [5.74, 6) is -0.0198. The molecule has 1 N–H and O–H groups in total. The molecular weight excluding hydrogens is 230 g/mol. The Bertz CT molecular complexity index is 420. The van der Waals surface area contributed by atoms with Crippen LogP contribution < -0.4 is 5.32 Å². The lowest BCUT2D eigenvalue weighted by atomic mass is 10.1. The van der Waals surface area contributed by atoms with Gasteiger partial charge < -0.3 is 10.2 Å². The average molecular weight is 247 g/mol. The zero-order chi connectivity index (χ0) is 12.8. The van der Waals surface area contributed by atoms with Crippen LogP contribution in [0, 0.1) is 0 Å². The van der Waals surface area contributed by atoms with Gasteiger partial charge in [-0.2, -0.15) is 0 Å². The van der Waals surface area contributed by atoms with Gasteiger partial charge in [0.25, 0.3) is 0 Å². The Morgan fingerprint density at radius 2 is 2.17 bits per heavy atom. The molecule has 0 spiro atoms. The highest BCUT2D eigenvalue weighted by Crippen LogP contribution is 2.05. The minimum absolute atomic E-state index is 0.0452. The van der Waals surface area contributed by atoms with Gasteiger partial charge >= 0.3 is 0 Å². The molecule has 0 saturated carbocycles. The fourth-order valence-electron chi connectivity index (χ4n) is 1.98. The number of carbonyl (C=O) groups is 2. The Kier molecular flexibility index (Phi) is 4.28. The van der Waals surface area contributed by atoms with E-state index in [1.54, 1.807) is 17.3 Å². The molecule has 5 heteroatoms. The number of nitrogens with one attached hydrogen (secondary N) is 1. The zero-order valence-electron chi connectivity index (χ0n) is 10.3. The van der Waals surface area contributed by atoms with Gasteiger partial charge in [-0.1, -0.05) is 0 Å². The highest BCUT2D eigenvalue weighted by molar-refractivity contribution is 5.85. The van der Waals surface area contributed by atoms with Gasteiger partial charge in [-0.05, 0) is 30.5 Å². The van der Waals surface area contributed by atoms with Gasteiger partial charge in [0.1, 0.15) is 0 Å². The van der Waals surface area contributed by atoms with E-state index in [1.165, 1.54) is 0 Å². The number of aryl methyl sites for hydroxylation is 1. The van der Waals surface area contributed by atoms with Crippen molar-refractivity contribution in [2.75, 3.05) is 19.6 Å². The lowest BCUT2D eigenvalue weighted by Crippen LogP contribution is -2.37. The van der Waals surface area contributed by atoms with Crippen LogP contribution in [0.1, 0.15) is 18.4 Å². The van der Waals surface area contributed by atoms with Crippen molar-refractivity contribution in [2.24, 2.45) is 0 Å². The summed E-state index contributed by atoms with van der Waals surface area (Å²) in [7, 11) is 0. The first kappa shape index (κ1) is 12.5. The fourth-order valence-corrected chi connectivity index (χ4v) is 1.98. The van der Waals surface area contributed by atoms with E-state index < -0.39 is 0 Å². The summed E-state index contributed by atoms with van der Waals surface area (Å²) in [5.41, 5.74) is 1.10. The third-order valence-corrected chi connectivity index (χ3v) is 2.99. The molecular formula is C13H17N3O2. The summed E-state index contributed by atoms with van der Waals surface area (Å²) in [6.45, 7) is 1.51. The van der Waals surface area contributed by atoms with Crippen LogP contribution in [0.15, 0.2) is 24.5 Å². The molecule has 1 aromatic heterocycles. The van der Waals surface area contributed by atoms with Crippen molar-refractivity contribution in [3.05, 3.63) is 30.1 Å². The number of pyridine rings is 1. The van der Waals surface area contributed by atoms with Crippen molar-refractivity contribution in [3.63, 3.8) is 0 Å². The van der Waals surface area contributed by atoms with Gasteiger partial charge in [-0.3, -0.25) is 14.6 Å². The third kappa shape index (κ3) is 3.55. The summed E-state index contributed by atoms with van der Waals surface area (Å²) >= 11 is 0. The smallest absolute Gasteiger partial charge is 0.239 e. The molecule has 5 nitrogen and oxygen atoms in total. The van der Waals surface area contributed by atoms with E-state index in [2.05, 4.69) is 10.3 Å². The maximum absolute atomic E-state index is 12.0. The quantitative estimate of drug-likeness (QED) is 0.839. The van der Waals surface area contributed by atoms with Gasteiger partial charge in [-0.15, -0.1) is 0 Å². The molecule has 0 radical (unpaired) electrons. The van der Waals surface area contributed by atoms with Crippen molar-refractivity contribution >= 4 is 11.8 Å². The zero-order valence-corrected chi connectivity index (χ0v) is 10.3. The normalized spacial score (nSPS) is 16.0. The molecule has 0 aliphatic carbocycles. The number of rotatable bonds is 3. The first-order valence-electron chi connectivity index (χ1n) is 6.19. The van der Waals surface area contributed by atoms with Crippen molar-refractivity contribution in [1.82, 2.24) is 15.2 Å². The number of amides is 2. The maximum atomic E-state index is 12.0. The van der Waals surface area contributed by atoms with Gasteiger partial charge in [0, 0.05) is 31.9 Å². The van der Waals surface area contributed by atoms with Crippen molar-refractivity contribution < 1.29 is 9.59 Å². The average Bonchev–Trinajstić information content (AvgIpc) is 2.62. The summed E-state index contributed by atoms with van der Waals surface area (Å²) in [5, 5.41) is 2.76. The Labute approximate surface area is 106 Å². The molecule has 0 aromatic carbocycles. The molecule has 2 heterocycles. The topological polar surface area (TPSA) is 62.3 Å². The standard InChI is InChI=1S/C13H17N3O2/c17-12-10-16(9-1-6-15-12)13(18)3-2-11-4-7-14-8-5-11/h4-5,7-8H,1-3,6,9-10H2,(H,15,17). The van der Waals surface area contributed by atoms with Gasteiger partial charge in [0.2, 0.25) is 11.8 Å². The number of nitrogens with zero attached hydrogens (tertiary/aromatic N) is 2. The largest absolute Gasteiger partial charge is 0.354 e. The Morgan fingerprint density at radius 1 is 1.39 bits per heavy atom. The first-order chi connectivity index (χ1) is 8.75. The lowest BCUT2D eigenvalue weighted by molar-refractivity contribution is -0.135. The van der Waals surface area contributed by atoms with Crippen LogP contribution in [0.4, 0.5) is 0 Å². The van der Waals surface area contributed by atoms with Gasteiger partial charge in [0.05, 0.1) is 6.54 Å². The Morgan fingerprint density at radius 3 is 2.94 bits per heavy atom. The number of carbonyl (C=O) groups excluding carboxylic acids is 2. The van der Waals surface area contributed by atoms with E-state index in [0.29, 0.717) is 25.9 Å². The SMILES string of the molecule is O=C1CN(C(=O)CCc2ccncc2)CCCN1. The van der Waals surface area contributed by atoms with Crippen LogP contribution in [0.2, 0.25) is 0 Å². The predicted molar refractivity (Wildman–Crippen MR) is 66.8 cm³/mol. The van der Waals surface area contributed by atoms with E-state index in [0.717, 1.165) is 12.0 Å². The minimum atomic E-state index is -0.0650. The van der Waals surface area contributed by atoms with Crippen molar-refractivity contribution in [1.29, 1.82) is 0 Å². The fraction of sp³-hybridized carbons (Fsp3) is 0.462. The molecule has 1 aliphatic rings. The molecule has 1 aromatic rings. The highest BCUT2D eigenvalue weighted by atomic mass is 16.2. The second-order valence-corrected chi connectivity index (χ2v) is 4.37. The molecule has 18 heavy (non-hydrogen) atoms.